The van der Waals surface area contributed by atoms with Crippen LogP contribution in [0.1, 0.15) is 10.4 Å². The first-order valence-electron chi connectivity index (χ1n) is 3.91. The second-order valence-electron chi connectivity index (χ2n) is 2.90. The van der Waals surface area contributed by atoms with Crippen LogP contribution in [0.3, 0.4) is 0 Å². The van der Waals surface area contributed by atoms with Gasteiger partial charge >= 0.3 is 11.7 Å². The van der Waals surface area contributed by atoms with E-state index in [0.29, 0.717) is 6.07 Å². The summed E-state index contributed by atoms with van der Waals surface area (Å²) < 4.78 is 22.3. The number of rotatable bonds is 3. The molecule has 0 amide bonds. The third-order valence-corrected chi connectivity index (χ3v) is 4.04. The Bertz CT molecular complexity index is 656. The molecule has 0 radical (unpaired) electrons. The van der Waals surface area contributed by atoms with Crippen molar-refractivity contribution in [3.05, 3.63) is 31.8 Å². The number of carbonyl (C=O) groups is 1. The molecule has 0 fully saturated rings. The van der Waals surface area contributed by atoms with Crippen LogP contribution < -0.4 is 0 Å². The smallest absolute Gasteiger partial charge is 0.337 e. The first-order valence-corrected chi connectivity index (χ1v) is 6.98. The van der Waals surface area contributed by atoms with E-state index in [2.05, 4.69) is 0 Å². The highest BCUT2D eigenvalue weighted by atomic mass is 35.7. The quantitative estimate of drug-likeness (QED) is 0.516. The van der Waals surface area contributed by atoms with E-state index in [1.54, 1.807) is 0 Å². The Hall–Kier alpha value is -1.09. The van der Waals surface area contributed by atoms with Crippen molar-refractivity contribution >= 4 is 54.6 Å². The molecule has 0 bridgehead atoms. The van der Waals surface area contributed by atoms with Crippen molar-refractivity contribution in [3.8, 4) is 0 Å². The van der Waals surface area contributed by atoms with E-state index < -0.39 is 46.1 Å². The highest BCUT2D eigenvalue weighted by Crippen LogP contribution is 2.40. The number of nitrogens with zero attached hydrogens (tertiary/aromatic N) is 1. The van der Waals surface area contributed by atoms with Crippen molar-refractivity contribution < 1.29 is 23.2 Å². The molecule has 1 aromatic rings. The van der Waals surface area contributed by atoms with Crippen LogP contribution in [0.4, 0.5) is 5.69 Å². The van der Waals surface area contributed by atoms with Crippen LogP contribution in [0, 0.1) is 10.1 Å². The average Bonchev–Trinajstić information content (AvgIpc) is 2.13. The monoisotopic (exact) mass is 333 g/mol. The van der Waals surface area contributed by atoms with Crippen molar-refractivity contribution in [3.63, 3.8) is 0 Å². The van der Waals surface area contributed by atoms with Crippen molar-refractivity contribution in [2.45, 2.75) is 4.90 Å². The van der Waals surface area contributed by atoms with Crippen molar-refractivity contribution in [1.29, 1.82) is 0 Å². The molecule has 0 spiro atoms. The summed E-state index contributed by atoms with van der Waals surface area (Å²) in [7, 11) is 0.550. The van der Waals surface area contributed by atoms with E-state index >= 15 is 0 Å². The molecule has 0 heterocycles. The summed E-state index contributed by atoms with van der Waals surface area (Å²) in [5.74, 6) is -1.65. The standard InChI is InChI=1S/C7H2Cl3NO6S/c8-4-2(7(12)13)1-3(18(10,16)17)5(9)6(4)11(14)15/h1H,(H,12,13). The zero-order valence-corrected chi connectivity index (χ0v) is 11.1. The largest absolute Gasteiger partial charge is 0.478 e. The number of nitro benzene ring substituents is 1. The molecular weight excluding hydrogens is 333 g/mol. The van der Waals surface area contributed by atoms with Crippen molar-refractivity contribution in [2.24, 2.45) is 0 Å². The van der Waals surface area contributed by atoms with E-state index in [9.17, 15) is 23.3 Å². The van der Waals surface area contributed by atoms with Gasteiger partial charge in [0.25, 0.3) is 9.05 Å². The average molecular weight is 335 g/mol. The topological polar surface area (TPSA) is 115 Å². The molecule has 18 heavy (non-hydrogen) atoms. The summed E-state index contributed by atoms with van der Waals surface area (Å²) in [6.07, 6.45) is 0. The van der Waals surface area contributed by atoms with Gasteiger partial charge in [-0.3, -0.25) is 10.1 Å². The first kappa shape index (κ1) is 15.0. The Morgan fingerprint density at radius 3 is 2.17 bits per heavy atom. The van der Waals surface area contributed by atoms with Gasteiger partial charge in [0.15, 0.2) is 0 Å². The summed E-state index contributed by atoms with van der Waals surface area (Å²) in [6.45, 7) is 0. The molecule has 0 saturated heterocycles. The summed E-state index contributed by atoms with van der Waals surface area (Å²) in [4.78, 5) is 19.5. The Balaban J connectivity index is 3.90. The molecule has 11 heteroatoms. The van der Waals surface area contributed by atoms with Crippen LogP contribution in [0.2, 0.25) is 10.0 Å². The summed E-state index contributed by atoms with van der Waals surface area (Å²) in [5, 5.41) is 17.8. The van der Waals surface area contributed by atoms with Crippen LogP contribution in [-0.4, -0.2) is 24.4 Å². The number of hydrogen-bond acceptors (Lipinski definition) is 5. The first-order chi connectivity index (χ1) is 8.07. The van der Waals surface area contributed by atoms with Crippen LogP contribution in [0.25, 0.3) is 0 Å². The molecule has 0 aromatic heterocycles. The van der Waals surface area contributed by atoms with E-state index in [-0.39, 0.29) is 0 Å². The maximum atomic E-state index is 11.1. The van der Waals surface area contributed by atoms with Crippen LogP contribution >= 0.6 is 33.9 Å². The lowest BCUT2D eigenvalue weighted by atomic mass is 10.2. The Morgan fingerprint density at radius 1 is 1.33 bits per heavy atom. The number of benzene rings is 1. The molecule has 1 N–H and O–H groups in total. The second-order valence-corrected chi connectivity index (χ2v) is 6.19. The molecule has 0 aliphatic heterocycles. The van der Waals surface area contributed by atoms with Gasteiger partial charge in [-0.15, -0.1) is 0 Å². The Morgan fingerprint density at radius 2 is 1.83 bits per heavy atom. The third kappa shape index (κ3) is 2.66. The van der Waals surface area contributed by atoms with Gasteiger partial charge < -0.3 is 5.11 Å². The summed E-state index contributed by atoms with van der Waals surface area (Å²) >= 11 is 11.0. The lowest BCUT2D eigenvalue weighted by molar-refractivity contribution is -0.384. The minimum absolute atomic E-state index is 0.558. The summed E-state index contributed by atoms with van der Waals surface area (Å²) in [6, 6.07) is 0.558. The molecule has 0 saturated carbocycles. The molecule has 1 aromatic carbocycles. The second kappa shape index (κ2) is 4.88. The minimum atomic E-state index is -4.45. The van der Waals surface area contributed by atoms with Gasteiger partial charge in [-0.05, 0) is 6.07 Å². The van der Waals surface area contributed by atoms with Gasteiger partial charge in [0.2, 0.25) is 0 Å². The fraction of sp³-hybridized carbons (Fsp3) is 0. The maximum absolute atomic E-state index is 11.1. The molecular formula is C7H2Cl3NO6S. The maximum Gasteiger partial charge on any atom is 0.337 e. The lowest BCUT2D eigenvalue weighted by Crippen LogP contribution is -2.05. The molecule has 0 atom stereocenters. The van der Waals surface area contributed by atoms with E-state index in [4.69, 9.17) is 39.0 Å². The van der Waals surface area contributed by atoms with E-state index in [1.807, 2.05) is 0 Å². The van der Waals surface area contributed by atoms with E-state index in [0.717, 1.165) is 0 Å². The van der Waals surface area contributed by atoms with Gasteiger partial charge in [0, 0.05) is 10.7 Å². The minimum Gasteiger partial charge on any atom is -0.478 e. The number of carboxylic acids is 1. The molecule has 0 aliphatic carbocycles. The van der Waals surface area contributed by atoms with Gasteiger partial charge in [0.05, 0.1) is 10.5 Å². The van der Waals surface area contributed by atoms with Crippen molar-refractivity contribution in [1.82, 2.24) is 0 Å². The number of carboxylic acid groups (broad SMARTS) is 1. The van der Waals surface area contributed by atoms with E-state index in [1.165, 1.54) is 0 Å². The number of hydrogen-bond donors (Lipinski definition) is 1. The summed E-state index contributed by atoms with van der Waals surface area (Å²) in [5.41, 5.74) is -1.82. The molecule has 1 rings (SSSR count). The predicted molar refractivity (Wildman–Crippen MR) is 63.1 cm³/mol. The van der Waals surface area contributed by atoms with Gasteiger partial charge in [-0.25, -0.2) is 13.2 Å². The van der Waals surface area contributed by atoms with Gasteiger partial charge in [-0.2, -0.15) is 0 Å². The highest BCUT2D eigenvalue weighted by Gasteiger charge is 2.31. The molecule has 98 valence electrons. The molecule has 7 nitrogen and oxygen atoms in total. The molecule has 0 unspecified atom stereocenters. The number of nitro groups is 1. The lowest BCUT2D eigenvalue weighted by Gasteiger charge is -2.06. The SMILES string of the molecule is O=C(O)c1cc(S(=O)(=O)Cl)c(Cl)c([N+](=O)[O-])c1Cl. The van der Waals surface area contributed by atoms with Crippen LogP contribution in [-0.2, 0) is 9.05 Å². The van der Waals surface area contributed by atoms with Gasteiger partial charge in [-0.1, -0.05) is 23.2 Å². The normalized spacial score (nSPS) is 11.3. The molecule has 0 aliphatic rings. The zero-order valence-electron chi connectivity index (χ0n) is 8.06. The van der Waals surface area contributed by atoms with Crippen molar-refractivity contribution in [2.75, 3.05) is 0 Å². The number of halogens is 3. The fourth-order valence-corrected chi connectivity index (χ4v) is 3.01. The third-order valence-electron chi connectivity index (χ3n) is 1.82. The predicted octanol–water partition coefficient (Wildman–Crippen LogP) is 2.53. The number of aromatic carboxylic acids is 1. The fourth-order valence-electron chi connectivity index (χ4n) is 1.09. The van der Waals surface area contributed by atoms with Crippen LogP contribution in [0.15, 0.2) is 11.0 Å². The van der Waals surface area contributed by atoms with Gasteiger partial charge in [0.1, 0.15) is 14.9 Å². The highest BCUT2D eigenvalue weighted by molar-refractivity contribution is 8.13. The zero-order chi connectivity index (χ0) is 14.2. The van der Waals surface area contributed by atoms with Crippen LogP contribution in [0.5, 0.6) is 0 Å². The Labute approximate surface area is 114 Å². The Kier molecular flexibility index (Phi) is 4.06.